The lowest BCUT2D eigenvalue weighted by Crippen LogP contribution is -2.55. The molecular weight excluding hydrogens is 280 g/mol. The van der Waals surface area contributed by atoms with Crippen molar-refractivity contribution in [1.82, 2.24) is 10.6 Å². The summed E-state index contributed by atoms with van der Waals surface area (Å²) in [6.07, 6.45) is 1.97. The number of nitrogens with one attached hydrogen (secondary N) is 2. The molecule has 1 saturated heterocycles. The number of carbonyl (C=O) groups is 1. The Morgan fingerprint density at radius 2 is 1.80 bits per heavy atom. The molecule has 2 aliphatic rings. The van der Waals surface area contributed by atoms with Crippen molar-refractivity contribution in [2.45, 2.75) is 63.8 Å². The minimum absolute atomic E-state index is 0.0764. The number of rotatable bonds is 3. The summed E-state index contributed by atoms with van der Waals surface area (Å²) in [5, 5.41) is 6.18. The summed E-state index contributed by atoms with van der Waals surface area (Å²) in [6.45, 7) is 5.49. The second-order valence-electron chi connectivity index (χ2n) is 6.78. The average molecular weight is 304 g/mol. The molecule has 1 amide bonds. The maximum Gasteiger partial charge on any atom is 0.407 e. The van der Waals surface area contributed by atoms with Crippen molar-refractivity contribution < 1.29 is 17.9 Å². The molecule has 0 aromatic carbocycles. The highest BCUT2D eigenvalue weighted by molar-refractivity contribution is 7.91. The van der Waals surface area contributed by atoms with Crippen LogP contribution in [0.4, 0.5) is 4.79 Å². The summed E-state index contributed by atoms with van der Waals surface area (Å²) in [5.41, 5.74) is -0.482. The first-order valence-corrected chi connectivity index (χ1v) is 8.91. The third-order valence-corrected chi connectivity index (χ3v) is 5.33. The van der Waals surface area contributed by atoms with Gasteiger partial charge in [0.15, 0.2) is 9.84 Å². The van der Waals surface area contributed by atoms with Crippen LogP contribution in [0.5, 0.6) is 0 Å². The minimum Gasteiger partial charge on any atom is -0.444 e. The molecule has 7 heteroatoms. The van der Waals surface area contributed by atoms with Crippen molar-refractivity contribution in [1.29, 1.82) is 0 Å². The van der Waals surface area contributed by atoms with Crippen LogP contribution in [0.3, 0.4) is 0 Å². The Morgan fingerprint density at radius 3 is 2.30 bits per heavy atom. The molecule has 0 spiro atoms. The minimum atomic E-state index is -2.83. The normalized spacial score (nSPS) is 32.5. The number of hydrogen-bond acceptors (Lipinski definition) is 5. The van der Waals surface area contributed by atoms with Crippen LogP contribution in [0.15, 0.2) is 0 Å². The summed E-state index contributed by atoms with van der Waals surface area (Å²) in [5.74, 6) is 0.532. The first-order valence-electron chi connectivity index (χ1n) is 7.09. The fourth-order valence-electron chi connectivity index (χ4n) is 2.61. The van der Waals surface area contributed by atoms with Crippen LogP contribution in [0.25, 0.3) is 0 Å². The predicted octanol–water partition coefficient (Wildman–Crippen LogP) is 0.819. The third-order valence-electron chi connectivity index (χ3n) is 3.56. The van der Waals surface area contributed by atoms with E-state index in [1.807, 2.05) is 20.8 Å². The number of amides is 1. The van der Waals surface area contributed by atoms with Gasteiger partial charge in [0.25, 0.3) is 0 Å². The first kappa shape index (κ1) is 15.6. The van der Waals surface area contributed by atoms with Gasteiger partial charge >= 0.3 is 6.09 Å². The van der Waals surface area contributed by atoms with Crippen molar-refractivity contribution >= 4 is 15.9 Å². The summed E-state index contributed by atoms with van der Waals surface area (Å²) >= 11 is 0. The Kier molecular flexibility index (Phi) is 4.30. The number of sulfone groups is 1. The molecule has 0 aromatic heterocycles. The summed E-state index contributed by atoms with van der Waals surface area (Å²) < 4.78 is 27.9. The lowest BCUT2D eigenvalue weighted by Gasteiger charge is -2.38. The van der Waals surface area contributed by atoms with Gasteiger partial charge in [-0.1, -0.05) is 0 Å². The highest BCUT2D eigenvalue weighted by Gasteiger charge is 2.35. The van der Waals surface area contributed by atoms with Crippen LogP contribution in [0, 0.1) is 0 Å². The number of alkyl carbamates (subject to hydrolysis) is 1. The zero-order valence-corrected chi connectivity index (χ0v) is 13.1. The van der Waals surface area contributed by atoms with E-state index < -0.39 is 15.4 Å². The molecule has 116 valence electrons. The zero-order chi connectivity index (χ0) is 15.0. The van der Waals surface area contributed by atoms with Crippen molar-refractivity contribution in [3.05, 3.63) is 0 Å². The van der Waals surface area contributed by atoms with E-state index in [1.54, 1.807) is 0 Å². The Bertz CT molecular complexity index is 463. The van der Waals surface area contributed by atoms with E-state index in [0.29, 0.717) is 12.5 Å². The lowest BCUT2D eigenvalue weighted by atomic mass is 9.86. The first-order chi connectivity index (χ1) is 9.13. The molecule has 1 saturated carbocycles. The van der Waals surface area contributed by atoms with Crippen LogP contribution in [-0.4, -0.2) is 49.7 Å². The Labute approximate surface area is 120 Å². The van der Waals surface area contributed by atoms with E-state index >= 15 is 0 Å². The molecule has 0 aromatic rings. The number of ether oxygens (including phenoxy) is 1. The molecule has 0 bridgehead atoms. The van der Waals surface area contributed by atoms with Crippen molar-refractivity contribution in [3.63, 3.8) is 0 Å². The molecule has 20 heavy (non-hydrogen) atoms. The molecule has 2 fully saturated rings. The van der Waals surface area contributed by atoms with Crippen LogP contribution < -0.4 is 10.6 Å². The largest absolute Gasteiger partial charge is 0.444 e. The highest BCUT2D eigenvalue weighted by Crippen LogP contribution is 2.23. The van der Waals surface area contributed by atoms with Crippen molar-refractivity contribution in [2.24, 2.45) is 0 Å². The molecule has 2 rings (SSSR count). The fraction of sp³-hybridized carbons (Fsp3) is 0.923. The molecule has 1 aliphatic heterocycles. The molecule has 2 N–H and O–H groups in total. The molecule has 6 nitrogen and oxygen atoms in total. The van der Waals surface area contributed by atoms with Gasteiger partial charge in [-0.25, -0.2) is 13.2 Å². The molecule has 1 unspecified atom stereocenters. The van der Waals surface area contributed by atoms with Gasteiger partial charge in [-0.15, -0.1) is 0 Å². The second kappa shape index (κ2) is 5.52. The van der Waals surface area contributed by atoms with E-state index in [0.717, 1.165) is 12.8 Å². The van der Waals surface area contributed by atoms with Gasteiger partial charge in [-0.2, -0.15) is 0 Å². The Balaban J connectivity index is 1.64. The van der Waals surface area contributed by atoms with Crippen molar-refractivity contribution in [2.75, 3.05) is 11.5 Å². The maximum absolute atomic E-state index is 11.6. The van der Waals surface area contributed by atoms with Crippen LogP contribution in [0.2, 0.25) is 0 Å². The van der Waals surface area contributed by atoms with Gasteiger partial charge in [0.1, 0.15) is 5.60 Å². The quantitative estimate of drug-likeness (QED) is 0.806. The number of hydrogen-bond donors (Lipinski definition) is 2. The van der Waals surface area contributed by atoms with Gasteiger partial charge in [-0.05, 0) is 40.0 Å². The van der Waals surface area contributed by atoms with Crippen molar-refractivity contribution in [3.8, 4) is 0 Å². The topological polar surface area (TPSA) is 84.5 Å². The molecular formula is C13H24N2O4S. The second-order valence-corrected chi connectivity index (χ2v) is 9.01. The van der Waals surface area contributed by atoms with E-state index in [-0.39, 0.29) is 29.7 Å². The molecule has 1 atom stereocenters. The van der Waals surface area contributed by atoms with E-state index in [9.17, 15) is 13.2 Å². The third kappa shape index (κ3) is 4.63. The molecule has 1 aliphatic carbocycles. The SMILES string of the molecule is CC(C)(C)OC(=O)NC1CC(NC2CCS(=O)(=O)C2)C1. The molecule has 1 heterocycles. The van der Waals surface area contributed by atoms with Gasteiger partial charge in [-0.3, -0.25) is 0 Å². The van der Waals surface area contributed by atoms with Gasteiger partial charge in [0.05, 0.1) is 11.5 Å². The Morgan fingerprint density at radius 1 is 1.15 bits per heavy atom. The summed E-state index contributed by atoms with van der Waals surface area (Å²) in [6, 6.07) is 0.501. The monoisotopic (exact) mass is 304 g/mol. The maximum atomic E-state index is 11.6. The summed E-state index contributed by atoms with van der Waals surface area (Å²) in [4.78, 5) is 11.6. The summed E-state index contributed by atoms with van der Waals surface area (Å²) in [7, 11) is -2.83. The van der Waals surface area contributed by atoms with Gasteiger partial charge < -0.3 is 15.4 Å². The van der Waals surface area contributed by atoms with E-state index in [4.69, 9.17) is 4.74 Å². The Hall–Kier alpha value is -0.820. The predicted molar refractivity (Wildman–Crippen MR) is 76.4 cm³/mol. The van der Waals surface area contributed by atoms with Gasteiger partial charge in [0.2, 0.25) is 0 Å². The smallest absolute Gasteiger partial charge is 0.407 e. The van der Waals surface area contributed by atoms with E-state index in [2.05, 4.69) is 10.6 Å². The number of carbonyl (C=O) groups excluding carboxylic acids is 1. The van der Waals surface area contributed by atoms with E-state index in [1.165, 1.54) is 0 Å². The average Bonchev–Trinajstić information content (AvgIpc) is 2.52. The standard InChI is InChI=1S/C13H24N2O4S/c1-13(2,3)19-12(16)15-11-6-10(7-11)14-9-4-5-20(17,18)8-9/h9-11,14H,4-8H2,1-3H3,(H,15,16). The van der Waals surface area contributed by atoms with Crippen LogP contribution in [-0.2, 0) is 14.6 Å². The van der Waals surface area contributed by atoms with Gasteiger partial charge in [0, 0.05) is 18.1 Å². The molecule has 0 radical (unpaired) electrons. The van der Waals surface area contributed by atoms with Crippen LogP contribution in [0.1, 0.15) is 40.0 Å². The fourth-order valence-corrected chi connectivity index (χ4v) is 4.29. The lowest BCUT2D eigenvalue weighted by molar-refractivity contribution is 0.0463. The zero-order valence-electron chi connectivity index (χ0n) is 12.3. The highest BCUT2D eigenvalue weighted by atomic mass is 32.2. The van der Waals surface area contributed by atoms with Crippen LogP contribution >= 0.6 is 0 Å².